The van der Waals surface area contributed by atoms with Crippen LogP contribution in [-0.4, -0.2) is 31.1 Å². The van der Waals surface area contributed by atoms with Gasteiger partial charge < -0.3 is 0 Å². The molecule has 0 radical (unpaired) electrons. The Morgan fingerprint density at radius 1 is 0.760 bits per heavy atom. The molecule has 148 valence electrons. The summed E-state index contributed by atoms with van der Waals surface area (Å²) in [6, 6.07) is 0. The van der Waals surface area contributed by atoms with Crippen LogP contribution in [0.3, 0.4) is 0 Å². The first-order chi connectivity index (χ1) is 11.9. The predicted octanol–water partition coefficient (Wildman–Crippen LogP) is 6.13. The summed E-state index contributed by atoms with van der Waals surface area (Å²) in [6.07, 6.45) is 10.0. The molecule has 0 aromatic rings. The molecule has 0 unspecified atom stereocenters. The number of hydrogen-bond acceptors (Lipinski definition) is 4. The summed E-state index contributed by atoms with van der Waals surface area (Å²) >= 11 is -3.69. The van der Waals surface area contributed by atoms with Crippen LogP contribution in [0.15, 0.2) is 0 Å². The van der Waals surface area contributed by atoms with Crippen LogP contribution in [-0.2, 0) is 15.7 Å². The average Bonchev–Trinajstić information content (AvgIpc) is 2.57. The quantitative estimate of drug-likeness (QED) is 0.274. The molecular formula is C20H40O4Sn. The van der Waals surface area contributed by atoms with Gasteiger partial charge in [0.15, 0.2) is 0 Å². The fraction of sp³-hybridized carbons (Fsp3) is 0.900. The molecule has 4 nitrogen and oxygen atoms in total. The molecule has 0 aliphatic carbocycles. The van der Waals surface area contributed by atoms with Gasteiger partial charge in [-0.15, -0.1) is 0 Å². The first kappa shape index (κ1) is 24.7. The molecule has 0 amide bonds. The van der Waals surface area contributed by atoms with Crippen LogP contribution in [0.5, 0.6) is 0 Å². The molecular weight excluding hydrogens is 423 g/mol. The molecule has 0 aliphatic heterocycles. The Morgan fingerprint density at radius 2 is 1.20 bits per heavy atom. The Hall–Kier alpha value is -0.261. The molecule has 0 fully saturated rings. The van der Waals surface area contributed by atoms with E-state index in [9.17, 15) is 9.59 Å². The van der Waals surface area contributed by atoms with Crippen molar-refractivity contribution in [3.63, 3.8) is 0 Å². The summed E-state index contributed by atoms with van der Waals surface area (Å²) in [6.45, 7) is 9.98. The molecule has 0 aliphatic rings. The van der Waals surface area contributed by atoms with E-state index >= 15 is 0 Å². The van der Waals surface area contributed by atoms with E-state index < -0.39 is 19.2 Å². The third-order valence-corrected chi connectivity index (χ3v) is 14.5. The molecule has 25 heavy (non-hydrogen) atoms. The van der Waals surface area contributed by atoms with E-state index in [0.29, 0.717) is 0 Å². The predicted molar refractivity (Wildman–Crippen MR) is 106 cm³/mol. The molecule has 0 spiro atoms. The molecule has 0 N–H and O–H groups in total. The van der Waals surface area contributed by atoms with Crippen LogP contribution in [0.1, 0.15) is 98.8 Å². The van der Waals surface area contributed by atoms with E-state index in [1.807, 2.05) is 0 Å². The summed E-state index contributed by atoms with van der Waals surface area (Å²) in [5.41, 5.74) is 0. The average molecular weight is 463 g/mol. The second-order valence-electron chi connectivity index (χ2n) is 7.11. The molecule has 0 aromatic carbocycles. The fourth-order valence-corrected chi connectivity index (χ4v) is 13.2. The molecule has 0 bridgehead atoms. The Balaban J connectivity index is 5.22. The topological polar surface area (TPSA) is 52.6 Å². The summed E-state index contributed by atoms with van der Waals surface area (Å²) < 4.78 is 13.5. The van der Waals surface area contributed by atoms with E-state index in [-0.39, 0.29) is 17.9 Å². The third-order valence-electron chi connectivity index (χ3n) is 4.58. The Labute approximate surface area is 160 Å². The van der Waals surface area contributed by atoms with E-state index in [1.54, 1.807) is 0 Å². The van der Waals surface area contributed by atoms with Gasteiger partial charge in [0.2, 0.25) is 0 Å². The summed E-state index contributed by atoms with van der Waals surface area (Å²) in [4.78, 5) is 24.6. The van der Waals surface area contributed by atoms with Crippen LogP contribution >= 0.6 is 0 Å². The Kier molecular flexibility index (Phi) is 14.7. The van der Waals surface area contributed by atoms with E-state index in [1.165, 1.54) is 6.92 Å². The number of carbonyl (C=O) groups is 2. The standard InChI is InChI=1S/C10H20O2.2C4H9.C2H4O2.Sn/c1-3-5-7-9(10(11)12)8-6-4-2;2*1-3-4-2;1-2(3)4;/h9H,3-8H2,1-2H3,(H,11,12);2*1,3-4H2,2H3;1H3,(H,3,4);/q;;;;+2/p-2. The summed E-state index contributed by atoms with van der Waals surface area (Å²) in [5.74, 6) is -0.407. The van der Waals surface area contributed by atoms with Crippen molar-refractivity contribution in [1.29, 1.82) is 0 Å². The van der Waals surface area contributed by atoms with Gasteiger partial charge in [0.1, 0.15) is 0 Å². The number of hydrogen-bond donors (Lipinski definition) is 0. The normalized spacial score (nSPS) is 11.6. The zero-order chi connectivity index (χ0) is 19.1. The van der Waals surface area contributed by atoms with Gasteiger partial charge >= 0.3 is 160 Å². The second kappa shape index (κ2) is 14.9. The number of carbonyl (C=O) groups excluding carboxylic acids is 2. The first-order valence-electron chi connectivity index (χ1n) is 10.4. The molecule has 0 aromatic heterocycles. The monoisotopic (exact) mass is 464 g/mol. The van der Waals surface area contributed by atoms with Gasteiger partial charge in [-0.1, -0.05) is 0 Å². The van der Waals surface area contributed by atoms with Gasteiger partial charge in [-0.05, 0) is 0 Å². The summed E-state index contributed by atoms with van der Waals surface area (Å²) in [7, 11) is 0. The number of unbranched alkanes of at least 4 members (excludes halogenated alkanes) is 4. The van der Waals surface area contributed by atoms with Gasteiger partial charge in [0.25, 0.3) is 0 Å². The number of rotatable bonds is 15. The second-order valence-corrected chi connectivity index (χ2v) is 16.3. The zero-order valence-corrected chi connectivity index (χ0v) is 20.0. The molecule has 0 saturated carbocycles. The van der Waals surface area contributed by atoms with Crippen molar-refractivity contribution >= 4 is 31.1 Å². The van der Waals surface area contributed by atoms with Crippen LogP contribution in [0.4, 0.5) is 0 Å². The van der Waals surface area contributed by atoms with E-state index in [0.717, 1.165) is 73.1 Å². The Morgan fingerprint density at radius 3 is 1.56 bits per heavy atom. The molecule has 0 rings (SSSR count). The third kappa shape index (κ3) is 11.1. The van der Waals surface area contributed by atoms with Crippen molar-refractivity contribution in [3.8, 4) is 0 Å². The first-order valence-corrected chi connectivity index (χ1v) is 16.7. The molecule has 0 atom stereocenters. The van der Waals surface area contributed by atoms with Crippen LogP contribution in [0, 0.1) is 5.92 Å². The van der Waals surface area contributed by atoms with Crippen molar-refractivity contribution < 1.29 is 15.7 Å². The van der Waals surface area contributed by atoms with Gasteiger partial charge in [0, 0.05) is 0 Å². The van der Waals surface area contributed by atoms with Gasteiger partial charge in [-0.3, -0.25) is 0 Å². The minimum absolute atomic E-state index is 0.0326. The van der Waals surface area contributed by atoms with Crippen molar-refractivity contribution in [2.75, 3.05) is 0 Å². The van der Waals surface area contributed by atoms with Crippen LogP contribution < -0.4 is 0 Å². The van der Waals surface area contributed by atoms with E-state index in [4.69, 9.17) is 6.15 Å². The molecule has 0 saturated heterocycles. The van der Waals surface area contributed by atoms with Crippen LogP contribution in [0.2, 0.25) is 8.87 Å². The van der Waals surface area contributed by atoms with Gasteiger partial charge in [-0.25, -0.2) is 0 Å². The SMILES string of the molecule is CCCCC(CCCC)C(=O)[O][Sn]([CH2]CCC)([CH2]CCC)[O]C(C)=O. The zero-order valence-electron chi connectivity index (χ0n) is 17.2. The summed E-state index contributed by atoms with van der Waals surface area (Å²) in [5, 5.41) is 0. The van der Waals surface area contributed by atoms with Gasteiger partial charge in [-0.2, -0.15) is 0 Å². The minimum atomic E-state index is -3.69. The van der Waals surface area contributed by atoms with Crippen LogP contribution in [0.25, 0.3) is 0 Å². The molecule has 5 heteroatoms. The fourth-order valence-electron chi connectivity index (χ4n) is 3.05. The molecule has 0 heterocycles. The van der Waals surface area contributed by atoms with E-state index in [2.05, 4.69) is 27.7 Å². The van der Waals surface area contributed by atoms with Gasteiger partial charge in [0.05, 0.1) is 0 Å². The van der Waals surface area contributed by atoms with Crippen molar-refractivity contribution in [3.05, 3.63) is 0 Å². The maximum atomic E-state index is 12.9. The van der Waals surface area contributed by atoms with Crippen molar-refractivity contribution in [2.45, 2.75) is 108 Å². The van der Waals surface area contributed by atoms with Crippen molar-refractivity contribution in [2.24, 2.45) is 5.92 Å². The Bertz CT molecular complexity index is 355. The maximum absolute atomic E-state index is 12.9. The van der Waals surface area contributed by atoms with Crippen molar-refractivity contribution in [1.82, 2.24) is 0 Å².